The fourth-order valence-corrected chi connectivity index (χ4v) is 10.9. The molecule has 422 valence electrons. The highest BCUT2D eigenvalue weighted by atomic mass is 32.2. The molecule has 4 N–H and O–H groups in total. The van der Waals surface area contributed by atoms with Gasteiger partial charge in [-0.1, -0.05) is 69.7 Å². The van der Waals surface area contributed by atoms with E-state index in [4.69, 9.17) is 33.2 Å². The van der Waals surface area contributed by atoms with Crippen molar-refractivity contribution in [3.05, 3.63) is 47.6 Å². The van der Waals surface area contributed by atoms with E-state index in [1.807, 2.05) is 13.0 Å². The number of allylic oxidation sites excluding steroid dienone is 6. The van der Waals surface area contributed by atoms with Crippen LogP contribution in [0.2, 0.25) is 0 Å². The summed E-state index contributed by atoms with van der Waals surface area (Å²) in [7, 11) is 1.72. The van der Waals surface area contributed by atoms with Crippen LogP contribution in [0.1, 0.15) is 113 Å². The minimum Gasteiger partial charge on any atom is -0.460 e. The maximum absolute atomic E-state index is 14.2. The fourth-order valence-electron chi connectivity index (χ4n) is 9.70. The number of fused-ring (bicyclic) bond motifs is 2. The summed E-state index contributed by atoms with van der Waals surface area (Å²) in [4.78, 5) is 71.0. The SMILES string of the molecule is COCCOCCS(=O)(=O)N[C@@H]1C[C@H]2CC[C@H](C)[C@](O)(O2)C(=O)C(=O)N(C)C(C)C(=O)OC([C@H](C)C[C@@H]2CC[C@@H](OCCO)[C@H](OC)C2)CC(=O)C(C)/C=C(/C)C(O)C(OC)C(=O)C(C)CC\C=C/C=C\C=C/1C. The van der Waals surface area contributed by atoms with Crippen LogP contribution in [0.4, 0.5) is 0 Å². The van der Waals surface area contributed by atoms with Crippen molar-refractivity contribution in [2.45, 2.75) is 167 Å². The summed E-state index contributed by atoms with van der Waals surface area (Å²) >= 11 is 0. The number of ketones is 3. The van der Waals surface area contributed by atoms with Crippen LogP contribution in [0.3, 0.4) is 0 Å². The maximum atomic E-state index is 14.2. The van der Waals surface area contributed by atoms with Gasteiger partial charge in [0.05, 0.1) is 57.1 Å². The van der Waals surface area contributed by atoms with Crippen molar-refractivity contribution in [2.75, 3.05) is 67.2 Å². The van der Waals surface area contributed by atoms with E-state index in [0.717, 1.165) is 11.3 Å². The number of likely N-dealkylation sites (N-methyl/N-ethyl adjacent to an activating group) is 1. The number of ether oxygens (including phenoxy) is 7. The van der Waals surface area contributed by atoms with Crippen molar-refractivity contribution in [3.63, 3.8) is 0 Å². The molecular formula is C54H88N2O17S. The number of amides is 1. The van der Waals surface area contributed by atoms with E-state index in [0.29, 0.717) is 49.7 Å². The highest BCUT2D eigenvalue weighted by Crippen LogP contribution is 2.37. The second-order valence-corrected chi connectivity index (χ2v) is 22.4. The average Bonchev–Trinajstić information content (AvgIpc) is 3.36. The van der Waals surface area contributed by atoms with Crippen LogP contribution in [0.5, 0.6) is 0 Å². The second kappa shape index (κ2) is 31.6. The maximum Gasteiger partial charge on any atom is 0.328 e. The molecule has 14 atom stereocenters. The Kier molecular flexibility index (Phi) is 27.7. The van der Waals surface area contributed by atoms with E-state index in [1.165, 1.54) is 28.2 Å². The van der Waals surface area contributed by atoms with Gasteiger partial charge in [0.25, 0.3) is 11.7 Å². The average molecular weight is 1070 g/mol. The zero-order valence-corrected chi connectivity index (χ0v) is 46.5. The van der Waals surface area contributed by atoms with Crippen molar-refractivity contribution in [1.82, 2.24) is 9.62 Å². The Bertz CT molecular complexity index is 2060. The summed E-state index contributed by atoms with van der Waals surface area (Å²) in [6.07, 6.45) is 9.27. The Morgan fingerprint density at radius 3 is 2.26 bits per heavy atom. The third kappa shape index (κ3) is 19.5. The number of Topliss-reactive ketones (excluding diaryl/α,β-unsaturated/α-hetero) is 3. The van der Waals surface area contributed by atoms with Crippen LogP contribution < -0.4 is 4.72 Å². The van der Waals surface area contributed by atoms with Crippen LogP contribution in [0, 0.1) is 29.6 Å². The molecule has 6 unspecified atom stereocenters. The first kappa shape index (κ1) is 64.7. The Balaban J connectivity index is 2.03. The van der Waals surface area contributed by atoms with Crippen molar-refractivity contribution in [2.24, 2.45) is 29.6 Å². The molecule has 2 bridgehead atoms. The number of hydrogen-bond donors (Lipinski definition) is 4. The number of nitrogens with zero attached hydrogens (tertiary/aromatic N) is 1. The minimum absolute atomic E-state index is 0.0229. The van der Waals surface area contributed by atoms with Crippen LogP contribution in [-0.2, 0) is 67.2 Å². The van der Waals surface area contributed by atoms with Gasteiger partial charge in [0, 0.05) is 58.6 Å². The predicted octanol–water partition coefficient (Wildman–Crippen LogP) is 4.35. The van der Waals surface area contributed by atoms with Gasteiger partial charge in [-0.3, -0.25) is 19.2 Å². The summed E-state index contributed by atoms with van der Waals surface area (Å²) in [5.74, 6) is -9.55. The van der Waals surface area contributed by atoms with Crippen molar-refractivity contribution in [3.8, 4) is 0 Å². The zero-order chi connectivity index (χ0) is 55.3. The molecule has 74 heavy (non-hydrogen) atoms. The predicted molar refractivity (Wildman–Crippen MR) is 277 cm³/mol. The molecule has 0 radical (unpaired) electrons. The first-order valence-electron chi connectivity index (χ1n) is 26.1. The van der Waals surface area contributed by atoms with Gasteiger partial charge < -0.3 is 53.4 Å². The molecule has 0 aromatic rings. The lowest BCUT2D eigenvalue weighted by Gasteiger charge is -2.42. The Labute approximate surface area is 439 Å². The summed E-state index contributed by atoms with van der Waals surface area (Å²) in [5, 5.41) is 32.7. The third-order valence-corrected chi connectivity index (χ3v) is 16.2. The molecule has 0 aromatic heterocycles. The number of hydrogen-bond acceptors (Lipinski definition) is 17. The monoisotopic (exact) mass is 1070 g/mol. The molecule has 1 amide bonds. The van der Waals surface area contributed by atoms with Crippen LogP contribution in [0.25, 0.3) is 0 Å². The van der Waals surface area contributed by atoms with E-state index in [1.54, 1.807) is 72.1 Å². The number of aliphatic hydroxyl groups is 3. The van der Waals surface area contributed by atoms with Crippen LogP contribution in [0.15, 0.2) is 47.6 Å². The number of methoxy groups -OCH3 is 3. The van der Waals surface area contributed by atoms with E-state index >= 15 is 0 Å². The van der Waals surface area contributed by atoms with E-state index in [-0.39, 0.29) is 87.7 Å². The quantitative estimate of drug-likeness (QED) is 0.0725. The second-order valence-electron chi connectivity index (χ2n) is 20.5. The van der Waals surface area contributed by atoms with Gasteiger partial charge in [0.15, 0.2) is 5.78 Å². The summed E-state index contributed by atoms with van der Waals surface area (Å²) in [6.45, 7) is 12.0. The topological polar surface area (TPSA) is 260 Å². The Hall–Kier alpha value is -3.54. The minimum atomic E-state index is -3.95. The van der Waals surface area contributed by atoms with Gasteiger partial charge in [-0.2, -0.15) is 0 Å². The summed E-state index contributed by atoms with van der Waals surface area (Å²) in [6, 6.07) is -2.26. The van der Waals surface area contributed by atoms with Crippen LogP contribution in [-0.4, -0.2) is 180 Å². The van der Waals surface area contributed by atoms with Gasteiger partial charge in [-0.25, -0.2) is 17.9 Å². The molecule has 3 rings (SSSR count). The van der Waals surface area contributed by atoms with Gasteiger partial charge >= 0.3 is 5.97 Å². The van der Waals surface area contributed by atoms with Crippen molar-refractivity contribution in [1.29, 1.82) is 0 Å². The summed E-state index contributed by atoms with van der Waals surface area (Å²) < 4.78 is 69.3. The van der Waals surface area contributed by atoms with Gasteiger partial charge in [0.1, 0.15) is 30.1 Å². The normalized spacial score (nSPS) is 35.3. The molecule has 0 aromatic carbocycles. The van der Waals surface area contributed by atoms with Crippen molar-refractivity contribution < 1.29 is 80.9 Å². The van der Waals surface area contributed by atoms with E-state index < -0.39 is 93.6 Å². The molecule has 3 aliphatic rings. The first-order valence-corrected chi connectivity index (χ1v) is 27.8. The highest BCUT2D eigenvalue weighted by Gasteiger charge is 2.52. The third-order valence-electron chi connectivity index (χ3n) is 14.8. The lowest BCUT2D eigenvalue weighted by Crippen LogP contribution is -2.59. The molecule has 1 saturated carbocycles. The number of esters is 1. The number of sulfonamides is 1. The molecule has 1 aliphatic carbocycles. The van der Waals surface area contributed by atoms with E-state index in [9.17, 15) is 47.7 Å². The Morgan fingerprint density at radius 1 is 0.878 bits per heavy atom. The molecular weight excluding hydrogens is 981 g/mol. The number of rotatable bonds is 16. The fraction of sp³-hybridized carbons (Fsp3) is 0.759. The lowest BCUT2D eigenvalue weighted by atomic mass is 9.78. The van der Waals surface area contributed by atoms with Crippen molar-refractivity contribution >= 4 is 39.2 Å². The highest BCUT2D eigenvalue weighted by molar-refractivity contribution is 7.89. The molecule has 19 nitrogen and oxygen atoms in total. The standard InChI is InChI=1S/C54H88N2O17S/c1-34-17-15-13-12-14-16-18-35(2)48(59)50(69-11)49(60)38(5)29-36(3)44(58)33-46(37(4)30-41-20-22-45(71-24-23-57)47(31-41)68-10)72-53(63)40(7)56(8)52(62)51(61)54(64)39(6)19-21-42(73-54)32-43(34)55-74(65,66)28-27-70-26-25-67-9/h12-15,17,29,35-37,39-43,45-47,49-50,55,57,60,64H,16,18-28,30-33H2,1-11H3/b14-12-,15-13-,34-17-,38-29-/t35?,36?,37-,39+,40?,41+,42-,43-,45-,46?,47-,49?,50?,54+/m1/s1. The van der Waals surface area contributed by atoms with Gasteiger partial charge in [0.2, 0.25) is 15.8 Å². The molecule has 2 heterocycles. The largest absolute Gasteiger partial charge is 0.460 e. The number of nitrogens with one attached hydrogen (secondary N) is 1. The number of carbonyl (C=O) groups excluding carboxylic acids is 5. The first-order chi connectivity index (χ1) is 34.9. The molecule has 2 aliphatic heterocycles. The zero-order valence-electron chi connectivity index (χ0n) is 45.7. The molecule has 20 heteroatoms. The van der Waals surface area contributed by atoms with Gasteiger partial charge in [-0.15, -0.1) is 0 Å². The molecule has 0 spiro atoms. The summed E-state index contributed by atoms with van der Waals surface area (Å²) in [5.41, 5.74) is 0.919. The van der Waals surface area contributed by atoms with Gasteiger partial charge in [-0.05, 0) is 96.0 Å². The number of cyclic esters (lactones) is 1. The molecule has 1 saturated heterocycles. The van der Waals surface area contributed by atoms with Crippen LogP contribution >= 0.6 is 0 Å². The molecule has 2 fully saturated rings. The smallest absolute Gasteiger partial charge is 0.328 e. The van der Waals surface area contributed by atoms with E-state index in [2.05, 4.69) is 4.72 Å². The number of aliphatic hydroxyl groups excluding tert-OH is 2. The lowest BCUT2D eigenvalue weighted by molar-refractivity contribution is -0.263. The number of carbonyl (C=O) groups is 5. The Morgan fingerprint density at radius 2 is 1.59 bits per heavy atom.